The van der Waals surface area contributed by atoms with Gasteiger partial charge in [-0.15, -0.1) is 0 Å². The smallest absolute Gasteiger partial charge is 0.291 e. The van der Waals surface area contributed by atoms with Gasteiger partial charge in [0.1, 0.15) is 11.9 Å². The van der Waals surface area contributed by atoms with Crippen LogP contribution in [0.15, 0.2) is 53.2 Å². The van der Waals surface area contributed by atoms with Crippen LogP contribution in [0.25, 0.3) is 0 Å². The number of halogens is 3. The first-order chi connectivity index (χ1) is 14.9. The van der Waals surface area contributed by atoms with Crippen molar-refractivity contribution in [1.82, 2.24) is 14.3 Å². The minimum atomic E-state index is -3.03. The molecule has 10 heteroatoms. The third kappa shape index (κ3) is 5.25. The molecule has 0 aliphatic carbocycles. The number of alkyl halides is 2. The van der Waals surface area contributed by atoms with Crippen LogP contribution in [0.3, 0.4) is 0 Å². The van der Waals surface area contributed by atoms with E-state index in [2.05, 4.69) is 35.6 Å². The first-order valence-corrected chi connectivity index (χ1v) is 11.2. The summed E-state index contributed by atoms with van der Waals surface area (Å²) in [5.41, 5.74) is -0.112. The maximum atomic E-state index is 14.0. The third-order valence-corrected chi connectivity index (χ3v) is 5.63. The average Bonchev–Trinajstić information content (AvgIpc) is 3.42. The SMILES string of the molecule is C/C=C\C(F)(F)c1ccc(Oc2cc(Br)cnc2Nc2nc(C3CCCO3)ns2)cc1. The first kappa shape index (κ1) is 21.8. The molecule has 0 radical (unpaired) electrons. The van der Waals surface area contributed by atoms with Crippen LogP contribution in [0.2, 0.25) is 0 Å². The Balaban J connectivity index is 1.52. The van der Waals surface area contributed by atoms with Crippen LogP contribution in [-0.4, -0.2) is 20.9 Å². The molecular formula is C21H19BrF2N4O2S. The summed E-state index contributed by atoms with van der Waals surface area (Å²) in [5.74, 6) is -1.13. The molecule has 1 fully saturated rings. The zero-order valence-corrected chi connectivity index (χ0v) is 18.9. The Kier molecular flexibility index (Phi) is 6.59. The Hall–Kier alpha value is -2.43. The predicted octanol–water partition coefficient (Wildman–Crippen LogP) is 6.75. The van der Waals surface area contributed by atoms with E-state index in [1.165, 1.54) is 41.9 Å². The van der Waals surface area contributed by atoms with Gasteiger partial charge in [-0.1, -0.05) is 6.08 Å². The van der Waals surface area contributed by atoms with E-state index >= 15 is 0 Å². The Bertz CT molecular complexity index is 1070. The number of ether oxygens (including phenoxy) is 2. The number of allylic oxidation sites excluding steroid dienone is 2. The fraction of sp³-hybridized carbons (Fsp3) is 0.286. The summed E-state index contributed by atoms with van der Waals surface area (Å²) in [6.45, 7) is 2.28. The lowest BCUT2D eigenvalue weighted by Crippen LogP contribution is -2.08. The van der Waals surface area contributed by atoms with E-state index < -0.39 is 5.92 Å². The van der Waals surface area contributed by atoms with Crippen molar-refractivity contribution >= 4 is 38.4 Å². The monoisotopic (exact) mass is 508 g/mol. The van der Waals surface area contributed by atoms with Crippen molar-refractivity contribution in [2.24, 2.45) is 0 Å². The van der Waals surface area contributed by atoms with E-state index in [1.54, 1.807) is 19.2 Å². The van der Waals surface area contributed by atoms with Crippen LogP contribution in [0.1, 0.15) is 37.3 Å². The highest BCUT2D eigenvalue weighted by Crippen LogP contribution is 2.36. The highest BCUT2D eigenvalue weighted by atomic mass is 79.9. The molecule has 1 aliphatic rings. The zero-order valence-electron chi connectivity index (χ0n) is 16.5. The van der Waals surface area contributed by atoms with Gasteiger partial charge < -0.3 is 14.8 Å². The van der Waals surface area contributed by atoms with Crippen LogP contribution in [0, 0.1) is 0 Å². The maximum absolute atomic E-state index is 14.0. The van der Waals surface area contributed by atoms with Gasteiger partial charge in [-0.3, -0.25) is 0 Å². The number of benzene rings is 1. The number of aromatic nitrogens is 3. The number of nitrogens with one attached hydrogen (secondary N) is 1. The number of nitrogens with zero attached hydrogens (tertiary/aromatic N) is 3. The van der Waals surface area contributed by atoms with Gasteiger partial charge in [0.25, 0.3) is 5.92 Å². The van der Waals surface area contributed by atoms with Crippen molar-refractivity contribution in [3.05, 3.63) is 64.5 Å². The van der Waals surface area contributed by atoms with E-state index in [4.69, 9.17) is 9.47 Å². The van der Waals surface area contributed by atoms with Crippen molar-refractivity contribution < 1.29 is 18.3 Å². The summed E-state index contributed by atoms with van der Waals surface area (Å²) in [6, 6.07) is 7.41. The van der Waals surface area contributed by atoms with Crippen molar-refractivity contribution in [3.8, 4) is 11.5 Å². The summed E-state index contributed by atoms with van der Waals surface area (Å²) in [5, 5.41) is 3.68. The number of hydrogen-bond acceptors (Lipinski definition) is 7. The summed E-state index contributed by atoms with van der Waals surface area (Å²) < 4.78 is 44.6. The average molecular weight is 509 g/mol. The van der Waals surface area contributed by atoms with E-state index in [9.17, 15) is 8.78 Å². The molecule has 1 aromatic carbocycles. The second kappa shape index (κ2) is 9.37. The largest absolute Gasteiger partial charge is 0.453 e. The van der Waals surface area contributed by atoms with Crippen molar-refractivity contribution in [1.29, 1.82) is 0 Å². The molecule has 31 heavy (non-hydrogen) atoms. The highest BCUT2D eigenvalue weighted by molar-refractivity contribution is 9.10. The van der Waals surface area contributed by atoms with Gasteiger partial charge in [-0.05, 0) is 66.0 Å². The quantitative estimate of drug-likeness (QED) is 0.356. The van der Waals surface area contributed by atoms with Crippen LogP contribution < -0.4 is 10.1 Å². The molecule has 0 spiro atoms. The molecule has 162 valence electrons. The molecule has 1 unspecified atom stereocenters. The second-order valence-corrected chi connectivity index (χ2v) is 8.50. The molecule has 4 rings (SSSR count). The molecular weight excluding hydrogens is 490 g/mol. The van der Waals surface area contributed by atoms with Crippen LogP contribution in [0.5, 0.6) is 11.5 Å². The molecule has 0 saturated carbocycles. The summed E-state index contributed by atoms with van der Waals surface area (Å²) in [6.07, 6.45) is 5.64. The van der Waals surface area contributed by atoms with Gasteiger partial charge in [0.15, 0.2) is 17.4 Å². The molecule has 0 amide bonds. The fourth-order valence-corrected chi connectivity index (χ4v) is 3.99. The lowest BCUT2D eigenvalue weighted by Gasteiger charge is -2.14. The molecule has 2 aromatic heterocycles. The van der Waals surface area contributed by atoms with E-state index in [1.807, 2.05) is 0 Å². The number of rotatable bonds is 7. The zero-order chi connectivity index (χ0) is 21.8. The topological polar surface area (TPSA) is 69.2 Å². The van der Waals surface area contributed by atoms with E-state index in [0.717, 1.165) is 25.5 Å². The van der Waals surface area contributed by atoms with Gasteiger partial charge in [0, 0.05) is 40.4 Å². The molecule has 1 atom stereocenters. The summed E-state index contributed by atoms with van der Waals surface area (Å²) in [4.78, 5) is 8.84. The summed E-state index contributed by atoms with van der Waals surface area (Å²) >= 11 is 4.59. The molecule has 0 bridgehead atoms. The normalized spacial score (nSPS) is 16.7. The lowest BCUT2D eigenvalue weighted by molar-refractivity contribution is 0.0519. The lowest BCUT2D eigenvalue weighted by atomic mass is 10.1. The van der Waals surface area contributed by atoms with Crippen LogP contribution >= 0.6 is 27.5 Å². The van der Waals surface area contributed by atoms with E-state index in [0.29, 0.717) is 32.7 Å². The molecule has 3 aromatic rings. The van der Waals surface area contributed by atoms with Gasteiger partial charge in [-0.2, -0.15) is 13.2 Å². The minimum absolute atomic E-state index is 0.0698. The maximum Gasteiger partial charge on any atom is 0.291 e. The van der Waals surface area contributed by atoms with E-state index in [-0.39, 0.29) is 11.7 Å². The predicted molar refractivity (Wildman–Crippen MR) is 118 cm³/mol. The molecule has 1 aliphatic heterocycles. The summed E-state index contributed by atoms with van der Waals surface area (Å²) in [7, 11) is 0. The standard InChI is InChI=1S/C21H19BrF2N4O2S/c1-2-9-21(23,24)13-5-7-15(8-6-13)30-17-11-14(22)12-25-18(17)26-20-27-19(28-31-20)16-4-3-10-29-16/h2,5-9,11-12,16H,3-4,10H2,1H3,(H,25,26,27,28)/b9-2-. The number of hydrogen-bond donors (Lipinski definition) is 1. The third-order valence-electron chi connectivity index (χ3n) is 4.55. The Morgan fingerprint density at radius 3 is 2.84 bits per heavy atom. The van der Waals surface area contributed by atoms with Crippen LogP contribution in [-0.2, 0) is 10.7 Å². The molecule has 6 nitrogen and oxygen atoms in total. The molecule has 1 N–H and O–H groups in total. The number of anilines is 2. The Morgan fingerprint density at radius 2 is 2.13 bits per heavy atom. The first-order valence-electron chi connectivity index (χ1n) is 9.62. The molecule has 3 heterocycles. The van der Waals surface area contributed by atoms with Crippen LogP contribution in [0.4, 0.5) is 19.7 Å². The van der Waals surface area contributed by atoms with Gasteiger partial charge in [-0.25, -0.2) is 9.97 Å². The molecule has 1 saturated heterocycles. The Morgan fingerprint density at radius 1 is 1.32 bits per heavy atom. The van der Waals surface area contributed by atoms with Crippen molar-refractivity contribution in [2.75, 3.05) is 11.9 Å². The number of pyridine rings is 1. The van der Waals surface area contributed by atoms with Crippen molar-refractivity contribution in [2.45, 2.75) is 31.8 Å². The van der Waals surface area contributed by atoms with Gasteiger partial charge >= 0.3 is 0 Å². The minimum Gasteiger partial charge on any atom is -0.453 e. The van der Waals surface area contributed by atoms with Gasteiger partial charge in [0.05, 0.1) is 0 Å². The van der Waals surface area contributed by atoms with Gasteiger partial charge in [0.2, 0.25) is 5.13 Å². The van der Waals surface area contributed by atoms with Crippen molar-refractivity contribution in [3.63, 3.8) is 0 Å². The highest BCUT2D eigenvalue weighted by Gasteiger charge is 2.27. The fourth-order valence-electron chi connectivity index (χ4n) is 3.07. The Labute approximate surface area is 190 Å². The second-order valence-electron chi connectivity index (χ2n) is 6.83.